The minimum absolute atomic E-state index is 0. The Bertz CT molecular complexity index is 167. The van der Waals surface area contributed by atoms with E-state index < -0.39 is 26.4 Å². The van der Waals surface area contributed by atoms with Crippen molar-refractivity contribution in [3.63, 3.8) is 0 Å². The molecule has 6 nitrogen and oxygen atoms in total. The number of carboxylic acid groups (broad SMARTS) is 1. The first kappa shape index (κ1) is 14.1. The van der Waals surface area contributed by atoms with E-state index in [0.29, 0.717) is 0 Å². The maximum Gasteiger partial charge on any atom is 1.00 e. The molecule has 0 aromatic rings. The van der Waals surface area contributed by atoms with Gasteiger partial charge in [-0.3, -0.25) is 14.7 Å². The zero-order valence-corrected chi connectivity index (χ0v) is 8.91. The van der Waals surface area contributed by atoms with E-state index in [-0.39, 0.29) is 29.6 Å². The van der Waals surface area contributed by atoms with Gasteiger partial charge in [-0.25, -0.2) is 0 Å². The summed E-state index contributed by atoms with van der Waals surface area (Å²) in [4.78, 5) is 26.1. The molecule has 0 rings (SSSR count). The molecule has 0 spiro atoms. The first-order valence-corrected chi connectivity index (χ1v) is 4.18. The molecule has 0 aromatic carbocycles. The number of hydrogen-bond donors (Lipinski definition) is 4. The van der Waals surface area contributed by atoms with Crippen LogP contribution in [0, 0.1) is 0 Å². The summed E-state index contributed by atoms with van der Waals surface area (Å²) < 4.78 is 10.1. The minimum atomic E-state index is -4.10. The molecule has 0 atom stereocenters. The molecule has 0 aromatic heterocycles. The molecule has 0 saturated carbocycles. The summed E-state index contributed by atoms with van der Waals surface area (Å²) in [5.74, 6) is -1.14. The molecule has 8 heteroatoms. The molecule has 0 amide bonds. The fraction of sp³-hybridized carbons (Fsp3) is 0.667. The Kier molecular flexibility index (Phi) is 7.88. The smallest absolute Gasteiger partial charge is 0.480 e. The zero-order chi connectivity index (χ0) is 8.20. The summed E-state index contributed by atoms with van der Waals surface area (Å²) in [6.07, 6.45) is -0.598. The standard InChI is InChI=1S/C3H8NO5P.Na/c5-3(6)1-4-2-10(7,8)9;/h4H,1-2H2,(H,5,6)(H2,7,8,9);/q;+1. The van der Waals surface area contributed by atoms with Crippen molar-refractivity contribution in [2.24, 2.45) is 0 Å². The van der Waals surface area contributed by atoms with E-state index in [1.54, 1.807) is 0 Å². The molecule has 11 heavy (non-hydrogen) atoms. The van der Waals surface area contributed by atoms with Crippen LogP contribution in [-0.4, -0.2) is 33.7 Å². The molecule has 0 bridgehead atoms. The third-order valence-corrected chi connectivity index (χ3v) is 1.23. The molecule has 0 heterocycles. The fourth-order valence-corrected chi connectivity index (χ4v) is 0.712. The Morgan fingerprint density at radius 2 is 1.91 bits per heavy atom. The largest absolute Gasteiger partial charge is 1.00 e. The van der Waals surface area contributed by atoms with Gasteiger partial charge in [0, 0.05) is 0 Å². The molecule has 0 saturated heterocycles. The number of rotatable bonds is 4. The van der Waals surface area contributed by atoms with Crippen molar-refractivity contribution >= 4 is 13.6 Å². The maximum absolute atomic E-state index is 10.1. The Morgan fingerprint density at radius 1 is 1.45 bits per heavy atom. The van der Waals surface area contributed by atoms with Crippen LogP contribution in [0.5, 0.6) is 0 Å². The van der Waals surface area contributed by atoms with Crippen molar-refractivity contribution in [1.82, 2.24) is 5.32 Å². The first-order valence-electron chi connectivity index (χ1n) is 2.39. The second kappa shape index (κ2) is 6.14. The van der Waals surface area contributed by atoms with E-state index in [4.69, 9.17) is 14.9 Å². The fourth-order valence-electron chi connectivity index (χ4n) is 0.308. The third-order valence-electron chi connectivity index (χ3n) is 0.594. The van der Waals surface area contributed by atoms with Crippen LogP contribution in [0.2, 0.25) is 0 Å². The van der Waals surface area contributed by atoms with Gasteiger partial charge in [0.15, 0.2) is 0 Å². The van der Waals surface area contributed by atoms with Crippen molar-refractivity contribution in [3.8, 4) is 0 Å². The molecule has 0 fully saturated rings. The van der Waals surface area contributed by atoms with Crippen LogP contribution in [-0.2, 0) is 9.36 Å². The molecule has 4 N–H and O–H groups in total. The normalized spacial score (nSPS) is 10.4. The van der Waals surface area contributed by atoms with Crippen LogP contribution in [0.1, 0.15) is 0 Å². The Hall–Kier alpha value is 0.580. The summed E-state index contributed by atoms with van der Waals surface area (Å²) in [6, 6.07) is 0. The van der Waals surface area contributed by atoms with E-state index in [1.165, 1.54) is 0 Å². The van der Waals surface area contributed by atoms with Crippen LogP contribution in [0.3, 0.4) is 0 Å². The molecule has 0 aliphatic heterocycles. The third kappa shape index (κ3) is 13.6. The molecular weight excluding hydrogens is 184 g/mol. The second-order valence-corrected chi connectivity index (χ2v) is 3.29. The average molecular weight is 192 g/mol. The van der Waals surface area contributed by atoms with Gasteiger partial charge >= 0.3 is 43.1 Å². The molecule has 0 radical (unpaired) electrons. The topological polar surface area (TPSA) is 107 Å². The van der Waals surface area contributed by atoms with Gasteiger partial charge in [0.25, 0.3) is 0 Å². The number of carbonyl (C=O) groups is 1. The number of aliphatic carboxylic acids is 1. The Balaban J connectivity index is 0. The average Bonchev–Trinajstić information content (AvgIpc) is 1.59. The quantitative estimate of drug-likeness (QED) is 0.266. The zero-order valence-electron chi connectivity index (χ0n) is 6.02. The number of carboxylic acids is 1. The summed E-state index contributed by atoms with van der Waals surface area (Å²) in [6.45, 7) is -0.439. The van der Waals surface area contributed by atoms with Crippen molar-refractivity contribution in [3.05, 3.63) is 0 Å². The summed E-state index contributed by atoms with van der Waals surface area (Å²) in [7, 11) is -4.10. The van der Waals surface area contributed by atoms with E-state index in [2.05, 4.69) is 5.32 Å². The van der Waals surface area contributed by atoms with Crippen LogP contribution in [0.4, 0.5) is 0 Å². The summed E-state index contributed by atoms with van der Waals surface area (Å²) in [5, 5.41) is 10.1. The van der Waals surface area contributed by atoms with Crippen LogP contribution >= 0.6 is 7.60 Å². The molecule has 0 aliphatic rings. The number of nitrogens with one attached hydrogen (secondary N) is 1. The Labute approximate surface area is 85.4 Å². The molecule has 0 aliphatic carbocycles. The van der Waals surface area contributed by atoms with Gasteiger partial charge in [0.2, 0.25) is 0 Å². The molecular formula is C3H8NNaO5P+. The Morgan fingerprint density at radius 3 is 2.18 bits per heavy atom. The van der Waals surface area contributed by atoms with Crippen molar-refractivity contribution in [2.75, 3.05) is 12.8 Å². The van der Waals surface area contributed by atoms with Gasteiger partial charge < -0.3 is 14.9 Å². The van der Waals surface area contributed by atoms with E-state index in [0.717, 1.165) is 0 Å². The van der Waals surface area contributed by atoms with Crippen molar-refractivity contribution in [1.29, 1.82) is 0 Å². The van der Waals surface area contributed by atoms with E-state index >= 15 is 0 Å². The van der Waals surface area contributed by atoms with E-state index in [9.17, 15) is 9.36 Å². The molecule has 0 unspecified atom stereocenters. The maximum atomic E-state index is 10.1. The van der Waals surface area contributed by atoms with Crippen LogP contribution in [0.25, 0.3) is 0 Å². The van der Waals surface area contributed by atoms with Gasteiger partial charge in [-0.2, -0.15) is 0 Å². The predicted octanol–water partition coefficient (Wildman–Crippen LogP) is -4.20. The van der Waals surface area contributed by atoms with Gasteiger partial charge in [0.05, 0.1) is 12.8 Å². The predicted molar refractivity (Wildman–Crippen MR) is 32.5 cm³/mol. The van der Waals surface area contributed by atoms with Gasteiger partial charge in [-0.1, -0.05) is 0 Å². The molecule has 60 valence electrons. The summed E-state index contributed by atoms with van der Waals surface area (Å²) in [5.41, 5.74) is 0. The van der Waals surface area contributed by atoms with Gasteiger partial charge in [0.1, 0.15) is 0 Å². The van der Waals surface area contributed by atoms with Gasteiger partial charge in [-0.15, -0.1) is 0 Å². The minimum Gasteiger partial charge on any atom is -0.480 e. The number of hydrogen-bond acceptors (Lipinski definition) is 3. The van der Waals surface area contributed by atoms with Crippen LogP contribution < -0.4 is 34.9 Å². The van der Waals surface area contributed by atoms with E-state index in [1.807, 2.05) is 0 Å². The van der Waals surface area contributed by atoms with Crippen molar-refractivity contribution in [2.45, 2.75) is 0 Å². The monoisotopic (exact) mass is 192 g/mol. The van der Waals surface area contributed by atoms with Crippen LogP contribution in [0.15, 0.2) is 0 Å². The van der Waals surface area contributed by atoms with Crippen molar-refractivity contribution < 1.29 is 53.8 Å². The summed E-state index contributed by atoms with van der Waals surface area (Å²) >= 11 is 0. The van der Waals surface area contributed by atoms with Gasteiger partial charge in [-0.05, 0) is 0 Å². The SMILES string of the molecule is O=C(O)CNCP(=O)(O)O.[Na+]. The second-order valence-electron chi connectivity index (χ2n) is 1.64. The first-order chi connectivity index (χ1) is 4.42.